The summed E-state index contributed by atoms with van der Waals surface area (Å²) in [6.45, 7) is 3.58. The van der Waals surface area contributed by atoms with E-state index in [0.717, 1.165) is 4.57 Å². The lowest BCUT2D eigenvalue weighted by molar-refractivity contribution is 0.636. The highest BCUT2D eigenvalue weighted by Gasteiger charge is 2.04. The fourth-order valence-corrected chi connectivity index (χ4v) is 1.74. The summed E-state index contributed by atoms with van der Waals surface area (Å²) in [7, 11) is 3.11. The van der Waals surface area contributed by atoms with Gasteiger partial charge in [-0.05, 0) is 0 Å². The average molecular weight is 212 g/mol. The molecule has 0 amide bonds. The molecule has 0 saturated carbocycles. The third-order valence-corrected chi connectivity index (χ3v) is 2.92. The number of thioether (sulfide) groups is 1. The molecule has 0 unspecified atom stereocenters. The maximum Gasteiger partial charge on any atom is 0.331 e. The van der Waals surface area contributed by atoms with Crippen LogP contribution in [0.2, 0.25) is 0 Å². The molecule has 0 aromatic carbocycles. The van der Waals surface area contributed by atoms with Crippen molar-refractivity contribution in [2.24, 2.45) is 14.1 Å². The van der Waals surface area contributed by atoms with Gasteiger partial charge in [-0.15, -0.1) is 18.3 Å². The maximum absolute atomic E-state index is 11.5. The molecule has 0 N–H and O–H groups in total. The van der Waals surface area contributed by atoms with E-state index in [9.17, 15) is 9.59 Å². The van der Waals surface area contributed by atoms with Gasteiger partial charge in [0.25, 0.3) is 5.56 Å². The molecular weight excluding hydrogens is 200 g/mol. The van der Waals surface area contributed by atoms with E-state index in [1.165, 1.54) is 29.4 Å². The highest BCUT2D eigenvalue weighted by Crippen LogP contribution is 2.12. The van der Waals surface area contributed by atoms with Crippen molar-refractivity contribution < 1.29 is 0 Å². The molecule has 1 aromatic rings. The fourth-order valence-electron chi connectivity index (χ4n) is 0.996. The zero-order chi connectivity index (χ0) is 10.7. The number of rotatable bonds is 3. The standard InChI is InChI=1S/C9H12N2O2S/c1-4-5-14-8-6-7(12)10(2)9(13)11(8)3/h4,6H,1,5H2,2-3H3. The minimum atomic E-state index is -0.302. The van der Waals surface area contributed by atoms with Crippen LogP contribution in [0, 0.1) is 0 Å². The van der Waals surface area contributed by atoms with Gasteiger partial charge in [0, 0.05) is 25.9 Å². The normalized spacial score (nSPS) is 10.1. The zero-order valence-electron chi connectivity index (χ0n) is 8.19. The van der Waals surface area contributed by atoms with Crippen LogP contribution in [0.4, 0.5) is 0 Å². The molecule has 1 heterocycles. The molecule has 0 bridgehead atoms. The lowest BCUT2D eigenvalue weighted by Crippen LogP contribution is -2.36. The van der Waals surface area contributed by atoms with E-state index >= 15 is 0 Å². The summed E-state index contributed by atoms with van der Waals surface area (Å²) >= 11 is 1.42. The second-order valence-corrected chi connectivity index (χ2v) is 3.86. The van der Waals surface area contributed by atoms with E-state index in [1.807, 2.05) is 0 Å². The SMILES string of the molecule is C=CCSc1cc(=O)n(C)c(=O)n1C. The van der Waals surface area contributed by atoms with E-state index in [2.05, 4.69) is 6.58 Å². The highest BCUT2D eigenvalue weighted by atomic mass is 32.2. The van der Waals surface area contributed by atoms with Crippen LogP contribution in [0.25, 0.3) is 0 Å². The van der Waals surface area contributed by atoms with E-state index in [1.54, 1.807) is 13.1 Å². The zero-order valence-corrected chi connectivity index (χ0v) is 9.00. The van der Waals surface area contributed by atoms with Crippen LogP contribution in [0.3, 0.4) is 0 Å². The van der Waals surface area contributed by atoms with Gasteiger partial charge in [0.2, 0.25) is 0 Å². The van der Waals surface area contributed by atoms with Gasteiger partial charge < -0.3 is 0 Å². The predicted octanol–water partition coefficient (Wildman–Crippen LogP) is 0.362. The molecule has 1 aromatic heterocycles. The molecule has 4 nitrogen and oxygen atoms in total. The van der Waals surface area contributed by atoms with Gasteiger partial charge in [-0.3, -0.25) is 13.9 Å². The topological polar surface area (TPSA) is 44.0 Å². The first kappa shape index (κ1) is 10.8. The van der Waals surface area contributed by atoms with E-state index in [4.69, 9.17) is 0 Å². The third-order valence-electron chi connectivity index (χ3n) is 1.83. The van der Waals surface area contributed by atoms with E-state index in [-0.39, 0.29) is 11.2 Å². The van der Waals surface area contributed by atoms with Gasteiger partial charge in [0.05, 0.1) is 5.03 Å². The van der Waals surface area contributed by atoms with Crippen LogP contribution in [0.5, 0.6) is 0 Å². The average Bonchev–Trinajstić information content (AvgIpc) is 2.18. The molecule has 0 spiro atoms. The monoisotopic (exact) mass is 212 g/mol. The van der Waals surface area contributed by atoms with Crippen molar-refractivity contribution in [2.45, 2.75) is 5.03 Å². The molecule has 0 aliphatic carbocycles. The van der Waals surface area contributed by atoms with Gasteiger partial charge in [0.1, 0.15) is 0 Å². The lowest BCUT2D eigenvalue weighted by atomic mass is 10.6. The smallest absolute Gasteiger partial charge is 0.291 e. The Morgan fingerprint density at radius 3 is 2.64 bits per heavy atom. The van der Waals surface area contributed by atoms with Crippen molar-refractivity contribution in [3.05, 3.63) is 39.6 Å². The Kier molecular flexibility index (Phi) is 3.35. The highest BCUT2D eigenvalue weighted by molar-refractivity contribution is 7.99. The molecule has 0 fully saturated rings. The minimum absolute atomic E-state index is 0.278. The summed E-state index contributed by atoms with van der Waals surface area (Å²) in [6.07, 6.45) is 1.73. The minimum Gasteiger partial charge on any atom is -0.291 e. The van der Waals surface area contributed by atoms with Crippen LogP contribution in [0.1, 0.15) is 0 Å². The van der Waals surface area contributed by atoms with E-state index in [0.29, 0.717) is 10.8 Å². The molecule has 0 aliphatic rings. The van der Waals surface area contributed by atoms with Gasteiger partial charge in [-0.1, -0.05) is 6.08 Å². The van der Waals surface area contributed by atoms with Crippen molar-refractivity contribution >= 4 is 11.8 Å². The lowest BCUT2D eigenvalue weighted by Gasteiger charge is -2.06. The summed E-state index contributed by atoms with van der Waals surface area (Å²) in [4.78, 5) is 22.7. The van der Waals surface area contributed by atoms with E-state index < -0.39 is 0 Å². The number of hydrogen-bond donors (Lipinski definition) is 0. The first-order chi connectivity index (χ1) is 6.57. The van der Waals surface area contributed by atoms with Gasteiger partial charge in [0.15, 0.2) is 0 Å². The molecule has 76 valence electrons. The first-order valence-electron chi connectivity index (χ1n) is 4.08. The van der Waals surface area contributed by atoms with Crippen LogP contribution in [0.15, 0.2) is 33.3 Å². The van der Waals surface area contributed by atoms with Crippen molar-refractivity contribution in [2.75, 3.05) is 5.75 Å². The summed E-state index contributed by atoms with van der Waals surface area (Å²) in [5.41, 5.74) is -0.580. The summed E-state index contributed by atoms with van der Waals surface area (Å²) in [5.74, 6) is 0.681. The molecule has 0 atom stereocenters. The predicted molar refractivity (Wildman–Crippen MR) is 57.8 cm³/mol. The summed E-state index contributed by atoms with van der Waals surface area (Å²) < 4.78 is 2.54. The Hall–Kier alpha value is -1.23. The number of aromatic nitrogens is 2. The Balaban J connectivity index is 3.26. The number of hydrogen-bond acceptors (Lipinski definition) is 3. The molecule has 5 heteroatoms. The Labute approximate surface area is 85.9 Å². The molecule has 0 saturated heterocycles. The quantitative estimate of drug-likeness (QED) is 0.413. The van der Waals surface area contributed by atoms with Crippen LogP contribution in [-0.2, 0) is 14.1 Å². The molecular formula is C9H12N2O2S. The van der Waals surface area contributed by atoms with Gasteiger partial charge >= 0.3 is 5.69 Å². The van der Waals surface area contributed by atoms with Crippen molar-refractivity contribution in [3.8, 4) is 0 Å². The largest absolute Gasteiger partial charge is 0.331 e. The molecule has 0 radical (unpaired) electrons. The van der Waals surface area contributed by atoms with Crippen molar-refractivity contribution in [1.29, 1.82) is 0 Å². The fraction of sp³-hybridized carbons (Fsp3) is 0.333. The Morgan fingerprint density at radius 2 is 2.07 bits per heavy atom. The van der Waals surface area contributed by atoms with Crippen LogP contribution >= 0.6 is 11.8 Å². The molecule has 14 heavy (non-hydrogen) atoms. The molecule has 1 rings (SSSR count). The maximum atomic E-state index is 11.5. The Morgan fingerprint density at radius 1 is 1.43 bits per heavy atom. The first-order valence-corrected chi connectivity index (χ1v) is 5.07. The Bertz CT molecular complexity index is 459. The second-order valence-electron chi connectivity index (χ2n) is 2.82. The summed E-state index contributed by atoms with van der Waals surface area (Å²) in [6, 6.07) is 1.45. The van der Waals surface area contributed by atoms with Crippen LogP contribution < -0.4 is 11.2 Å². The van der Waals surface area contributed by atoms with Crippen molar-refractivity contribution in [1.82, 2.24) is 9.13 Å². The molecule has 0 aliphatic heterocycles. The third kappa shape index (κ3) is 1.98. The van der Waals surface area contributed by atoms with Gasteiger partial charge in [-0.2, -0.15) is 0 Å². The van der Waals surface area contributed by atoms with Gasteiger partial charge in [-0.25, -0.2) is 4.79 Å². The van der Waals surface area contributed by atoms with Crippen molar-refractivity contribution in [3.63, 3.8) is 0 Å². The van der Waals surface area contributed by atoms with Crippen LogP contribution in [-0.4, -0.2) is 14.9 Å². The summed E-state index contributed by atoms with van der Waals surface area (Å²) in [5, 5.41) is 0.665. The number of nitrogens with zero attached hydrogens (tertiary/aromatic N) is 2. The second kappa shape index (κ2) is 4.32.